The zero-order chi connectivity index (χ0) is 12.8. The second kappa shape index (κ2) is 6.84. The lowest BCUT2D eigenvalue weighted by molar-refractivity contribution is 0.862. The Morgan fingerprint density at radius 2 is 2.06 bits per heavy atom. The van der Waals surface area contributed by atoms with Gasteiger partial charge in [-0.1, -0.05) is 41.4 Å². The highest BCUT2D eigenvalue weighted by molar-refractivity contribution is 7.80. The van der Waals surface area contributed by atoms with Gasteiger partial charge in [-0.25, -0.2) is 0 Å². The molecule has 0 saturated heterocycles. The third-order valence-electron chi connectivity index (χ3n) is 2.01. The number of halogens is 2. The Morgan fingerprint density at radius 3 is 2.65 bits per heavy atom. The molecule has 2 nitrogen and oxygen atoms in total. The van der Waals surface area contributed by atoms with Gasteiger partial charge < -0.3 is 10.6 Å². The lowest BCUT2D eigenvalue weighted by Gasteiger charge is -2.11. The topological polar surface area (TPSA) is 24.1 Å². The maximum atomic E-state index is 6.04. The van der Waals surface area contributed by atoms with Crippen molar-refractivity contribution in [3.63, 3.8) is 0 Å². The predicted molar refractivity (Wildman–Crippen MR) is 78.7 cm³/mol. The van der Waals surface area contributed by atoms with Crippen LogP contribution in [0.2, 0.25) is 10.0 Å². The molecule has 0 aliphatic heterocycles. The van der Waals surface area contributed by atoms with Gasteiger partial charge >= 0.3 is 0 Å². The van der Waals surface area contributed by atoms with Crippen LogP contribution in [0.25, 0.3) is 0 Å². The highest BCUT2D eigenvalue weighted by Gasteiger charge is 2.02. The molecule has 0 spiro atoms. The maximum Gasteiger partial charge on any atom is 0.166 e. The molecule has 0 aliphatic rings. The van der Waals surface area contributed by atoms with Gasteiger partial charge in [-0.05, 0) is 36.8 Å². The molecule has 1 aromatic rings. The van der Waals surface area contributed by atoms with Crippen molar-refractivity contribution in [2.24, 2.45) is 0 Å². The van der Waals surface area contributed by atoms with Gasteiger partial charge in [-0.2, -0.15) is 0 Å². The molecule has 0 fully saturated rings. The van der Waals surface area contributed by atoms with Gasteiger partial charge in [0, 0.05) is 23.1 Å². The Morgan fingerprint density at radius 1 is 1.35 bits per heavy atom. The number of hydrogen-bond donors (Lipinski definition) is 2. The first-order valence-corrected chi connectivity index (χ1v) is 6.25. The summed E-state index contributed by atoms with van der Waals surface area (Å²) in [5.41, 5.74) is 1.98. The van der Waals surface area contributed by atoms with Crippen molar-refractivity contribution in [3.05, 3.63) is 46.0 Å². The lowest BCUT2D eigenvalue weighted by atomic mass is 10.2. The molecule has 2 N–H and O–H groups in total. The van der Waals surface area contributed by atoms with Gasteiger partial charge in [0.05, 0.1) is 0 Å². The fourth-order valence-corrected chi connectivity index (χ4v) is 1.75. The van der Waals surface area contributed by atoms with Crippen LogP contribution in [-0.2, 0) is 6.54 Å². The Kier molecular flexibility index (Phi) is 5.75. The van der Waals surface area contributed by atoms with E-state index in [1.54, 1.807) is 12.1 Å². The van der Waals surface area contributed by atoms with Crippen LogP contribution < -0.4 is 10.6 Å². The summed E-state index contributed by atoms with van der Waals surface area (Å²) >= 11 is 17.0. The van der Waals surface area contributed by atoms with E-state index in [1.807, 2.05) is 13.0 Å². The summed E-state index contributed by atoms with van der Waals surface area (Å²) in [5.74, 6) is 0. The second-order valence-electron chi connectivity index (χ2n) is 3.73. The molecule has 1 rings (SSSR count). The van der Waals surface area contributed by atoms with Crippen LogP contribution in [0, 0.1) is 0 Å². The van der Waals surface area contributed by atoms with E-state index in [2.05, 4.69) is 17.2 Å². The van der Waals surface area contributed by atoms with Crippen LogP contribution in [0.15, 0.2) is 30.4 Å². The quantitative estimate of drug-likeness (QED) is 0.655. The molecule has 0 amide bonds. The van der Waals surface area contributed by atoms with Crippen LogP contribution in [-0.4, -0.2) is 11.7 Å². The van der Waals surface area contributed by atoms with Crippen molar-refractivity contribution in [3.8, 4) is 0 Å². The minimum atomic E-state index is 0.567. The highest BCUT2D eigenvalue weighted by atomic mass is 35.5. The number of hydrogen-bond acceptors (Lipinski definition) is 1. The molecule has 0 bridgehead atoms. The van der Waals surface area contributed by atoms with Crippen LogP contribution in [0.1, 0.15) is 12.5 Å². The van der Waals surface area contributed by atoms with Crippen molar-refractivity contribution in [1.82, 2.24) is 10.6 Å². The average molecular weight is 289 g/mol. The summed E-state index contributed by atoms with van der Waals surface area (Å²) in [6.45, 7) is 6.95. The Labute approximate surface area is 117 Å². The molecular weight excluding hydrogens is 275 g/mol. The van der Waals surface area contributed by atoms with Gasteiger partial charge in [-0.15, -0.1) is 0 Å². The molecular formula is C12H14Cl2N2S. The summed E-state index contributed by atoms with van der Waals surface area (Å²) in [4.78, 5) is 0. The van der Waals surface area contributed by atoms with Crippen LogP contribution in [0.4, 0.5) is 0 Å². The first-order chi connectivity index (χ1) is 7.99. The minimum absolute atomic E-state index is 0.567. The first-order valence-electron chi connectivity index (χ1n) is 5.09. The van der Waals surface area contributed by atoms with Gasteiger partial charge in [0.1, 0.15) is 0 Å². The van der Waals surface area contributed by atoms with Gasteiger partial charge in [0.25, 0.3) is 0 Å². The summed E-state index contributed by atoms with van der Waals surface area (Å²) in [6, 6.07) is 5.39. The van der Waals surface area contributed by atoms with Crippen molar-refractivity contribution >= 4 is 40.5 Å². The van der Waals surface area contributed by atoms with E-state index in [0.29, 0.717) is 28.2 Å². The SMILES string of the molecule is C=C(C)CNC(=S)NCc1ccc(Cl)cc1Cl. The standard InChI is InChI=1S/C12H14Cl2N2S/c1-8(2)6-15-12(17)16-7-9-3-4-10(13)5-11(9)14/h3-5H,1,6-7H2,2H3,(H2,15,16,17). The molecule has 0 aliphatic carbocycles. The van der Waals surface area contributed by atoms with Gasteiger partial charge in [0.15, 0.2) is 5.11 Å². The van der Waals surface area contributed by atoms with E-state index in [0.717, 1.165) is 11.1 Å². The van der Waals surface area contributed by atoms with Crippen LogP contribution in [0.3, 0.4) is 0 Å². The van der Waals surface area contributed by atoms with E-state index in [1.165, 1.54) is 0 Å². The average Bonchev–Trinajstić information content (AvgIpc) is 2.25. The Hall–Kier alpha value is -0.770. The Balaban J connectivity index is 2.44. The van der Waals surface area contributed by atoms with Crippen molar-refractivity contribution in [1.29, 1.82) is 0 Å². The van der Waals surface area contributed by atoms with E-state index in [9.17, 15) is 0 Å². The number of nitrogens with one attached hydrogen (secondary N) is 2. The molecule has 0 saturated carbocycles. The molecule has 0 heterocycles. The third-order valence-corrected chi connectivity index (χ3v) is 2.88. The van der Waals surface area contributed by atoms with Crippen molar-refractivity contribution in [2.75, 3.05) is 6.54 Å². The minimum Gasteiger partial charge on any atom is -0.359 e. The largest absolute Gasteiger partial charge is 0.359 e. The fraction of sp³-hybridized carbons (Fsp3) is 0.250. The van der Waals surface area contributed by atoms with Gasteiger partial charge in [0.2, 0.25) is 0 Å². The maximum absolute atomic E-state index is 6.04. The molecule has 5 heteroatoms. The first kappa shape index (κ1) is 14.3. The van der Waals surface area contributed by atoms with E-state index < -0.39 is 0 Å². The smallest absolute Gasteiger partial charge is 0.166 e. The normalized spacial score (nSPS) is 9.82. The van der Waals surface area contributed by atoms with Gasteiger partial charge in [-0.3, -0.25) is 0 Å². The molecule has 0 atom stereocenters. The Bertz CT molecular complexity index is 433. The van der Waals surface area contributed by atoms with Crippen molar-refractivity contribution < 1.29 is 0 Å². The molecule has 17 heavy (non-hydrogen) atoms. The second-order valence-corrected chi connectivity index (χ2v) is 4.98. The lowest BCUT2D eigenvalue weighted by Crippen LogP contribution is -2.35. The predicted octanol–water partition coefficient (Wildman–Crippen LogP) is 3.53. The van der Waals surface area contributed by atoms with Crippen LogP contribution in [0.5, 0.6) is 0 Å². The molecule has 0 unspecified atom stereocenters. The number of rotatable bonds is 4. The highest BCUT2D eigenvalue weighted by Crippen LogP contribution is 2.20. The fourth-order valence-electron chi connectivity index (χ4n) is 1.13. The third kappa shape index (κ3) is 5.39. The molecule has 0 aromatic heterocycles. The number of benzene rings is 1. The van der Waals surface area contributed by atoms with E-state index in [-0.39, 0.29) is 0 Å². The van der Waals surface area contributed by atoms with E-state index >= 15 is 0 Å². The molecule has 92 valence electrons. The van der Waals surface area contributed by atoms with Crippen LogP contribution >= 0.6 is 35.4 Å². The van der Waals surface area contributed by atoms with E-state index in [4.69, 9.17) is 35.4 Å². The number of thiocarbonyl (C=S) groups is 1. The summed E-state index contributed by atoms with van der Waals surface area (Å²) in [6.07, 6.45) is 0. The summed E-state index contributed by atoms with van der Waals surface area (Å²) in [7, 11) is 0. The summed E-state index contributed by atoms with van der Waals surface area (Å²) < 4.78 is 0. The van der Waals surface area contributed by atoms with Crippen molar-refractivity contribution in [2.45, 2.75) is 13.5 Å². The zero-order valence-electron chi connectivity index (χ0n) is 9.52. The monoisotopic (exact) mass is 288 g/mol. The summed E-state index contributed by atoms with van der Waals surface area (Å²) in [5, 5.41) is 7.94. The zero-order valence-corrected chi connectivity index (χ0v) is 11.8. The molecule has 1 aromatic carbocycles. The molecule has 0 radical (unpaired) electrons.